The molecule has 54 valence electrons. The molecule has 10 heavy (non-hydrogen) atoms. The molecule has 0 aromatic rings. The predicted molar refractivity (Wildman–Crippen MR) is 32.6 cm³/mol. The van der Waals surface area contributed by atoms with Crippen LogP contribution in [-0.2, 0) is 0 Å². The predicted octanol–water partition coefficient (Wildman–Crippen LogP) is -1.71. The molecule has 0 aromatic heterocycles. The minimum atomic E-state index is 0.0174. The first-order chi connectivity index (χ1) is 4.64. The van der Waals surface area contributed by atoms with E-state index in [2.05, 4.69) is 40.0 Å². The highest BCUT2D eigenvalue weighted by atomic mass is 16.2. The van der Waals surface area contributed by atoms with Gasteiger partial charge in [-0.1, -0.05) is 0 Å². The maximum Gasteiger partial charge on any atom is 0.230 e. The van der Waals surface area contributed by atoms with E-state index in [0.29, 0.717) is 0 Å². The fourth-order valence-electron chi connectivity index (χ4n) is 2.60. The molecule has 5 heteroatoms. The van der Waals surface area contributed by atoms with Gasteiger partial charge in [0.05, 0.1) is 0 Å². The monoisotopic (exact) mass is 139 g/mol. The highest BCUT2D eigenvalue weighted by Gasteiger charge is 2.96. The molecule has 1 spiro atoms. The van der Waals surface area contributed by atoms with Gasteiger partial charge >= 0.3 is 0 Å². The molecule has 0 aliphatic carbocycles. The lowest BCUT2D eigenvalue weighted by Gasteiger charge is -2.65. The van der Waals surface area contributed by atoms with Crippen molar-refractivity contribution in [3.05, 3.63) is 0 Å². The van der Waals surface area contributed by atoms with Crippen LogP contribution in [0.2, 0.25) is 0 Å². The lowest BCUT2D eigenvalue weighted by atomic mass is 9.90. The number of rotatable bonds is 0. The van der Waals surface area contributed by atoms with Crippen molar-refractivity contribution >= 4 is 0 Å². The average molecular weight is 139 g/mol. The van der Waals surface area contributed by atoms with E-state index < -0.39 is 0 Å². The van der Waals surface area contributed by atoms with Gasteiger partial charge in [0.25, 0.3) is 0 Å². The number of nitrogens with one attached hydrogen (secondary N) is 3. The van der Waals surface area contributed by atoms with Crippen molar-refractivity contribution in [1.29, 1.82) is 0 Å². The Morgan fingerprint density at radius 1 is 1.00 bits per heavy atom. The average Bonchev–Trinajstić information content (AvgIpc) is 2.49. The van der Waals surface area contributed by atoms with E-state index >= 15 is 0 Å². The SMILES string of the molecule is CC12NN3C4(NN41)NC32C. The Kier molecular flexibility index (Phi) is 0.345. The van der Waals surface area contributed by atoms with Crippen LogP contribution in [0.3, 0.4) is 0 Å². The molecule has 5 atom stereocenters. The topological polar surface area (TPSA) is 52.2 Å². The summed E-state index contributed by atoms with van der Waals surface area (Å²) >= 11 is 0. The van der Waals surface area contributed by atoms with Crippen LogP contribution in [-0.4, -0.2) is 27.3 Å². The summed E-state index contributed by atoms with van der Waals surface area (Å²) in [5.41, 5.74) is 6.92. The zero-order valence-electron chi connectivity index (χ0n) is 5.89. The Morgan fingerprint density at radius 2 is 1.70 bits per heavy atom. The molecule has 4 bridgehead atoms. The minimum absolute atomic E-state index is 0.0174. The molecule has 0 saturated carbocycles. The highest BCUT2D eigenvalue weighted by molar-refractivity contribution is 5.37. The maximum atomic E-state index is 3.46. The van der Waals surface area contributed by atoms with E-state index in [9.17, 15) is 0 Å². The lowest BCUT2D eigenvalue weighted by Crippen LogP contribution is -2.97. The van der Waals surface area contributed by atoms with Crippen molar-refractivity contribution in [3.8, 4) is 0 Å². The summed E-state index contributed by atoms with van der Waals surface area (Å²) in [4.78, 5) is 0. The van der Waals surface area contributed by atoms with Crippen molar-refractivity contribution < 1.29 is 0 Å². The van der Waals surface area contributed by atoms with Gasteiger partial charge in [0.2, 0.25) is 5.91 Å². The number of fused-ring (bicyclic) bond motifs is 1. The molecule has 4 saturated heterocycles. The summed E-state index contributed by atoms with van der Waals surface area (Å²) < 4.78 is 0. The van der Waals surface area contributed by atoms with Crippen LogP contribution < -0.4 is 16.2 Å². The Bertz CT molecular complexity index is 263. The van der Waals surface area contributed by atoms with Crippen LogP contribution in [0.5, 0.6) is 0 Å². The van der Waals surface area contributed by atoms with Gasteiger partial charge in [-0.05, 0) is 13.8 Å². The molecule has 4 rings (SSSR count). The van der Waals surface area contributed by atoms with Crippen molar-refractivity contribution in [2.45, 2.75) is 31.1 Å². The third-order valence-corrected chi connectivity index (χ3v) is 3.45. The van der Waals surface area contributed by atoms with Gasteiger partial charge in [-0.3, -0.25) is 0 Å². The third-order valence-electron chi connectivity index (χ3n) is 3.45. The molecule has 5 unspecified atom stereocenters. The molecule has 4 aliphatic rings. The van der Waals surface area contributed by atoms with E-state index in [0.717, 1.165) is 0 Å². The Labute approximate surface area is 58.3 Å². The van der Waals surface area contributed by atoms with Crippen molar-refractivity contribution in [3.63, 3.8) is 0 Å². The summed E-state index contributed by atoms with van der Waals surface area (Å²) in [6, 6.07) is 0. The fraction of sp³-hybridized carbons (Fsp3) is 1.00. The third kappa shape index (κ3) is 0.165. The molecule has 0 radical (unpaired) electrons. The van der Waals surface area contributed by atoms with Gasteiger partial charge in [-0.2, -0.15) is 10.0 Å². The quantitative estimate of drug-likeness (QED) is 0.349. The largest absolute Gasteiger partial charge is 0.248 e. The van der Waals surface area contributed by atoms with Gasteiger partial charge in [-0.25, -0.2) is 16.2 Å². The van der Waals surface area contributed by atoms with Crippen LogP contribution in [0.25, 0.3) is 0 Å². The van der Waals surface area contributed by atoms with E-state index in [-0.39, 0.29) is 17.2 Å². The van der Waals surface area contributed by atoms with Gasteiger partial charge in [0.1, 0.15) is 11.3 Å². The standard InChI is InChI=1S/C5H9N5/c1-3-4(2)7-9(3)5(6-3)8-10(4)5/h6-8H,1-2H3. The van der Waals surface area contributed by atoms with Crippen LogP contribution in [0.1, 0.15) is 13.8 Å². The van der Waals surface area contributed by atoms with E-state index in [1.54, 1.807) is 0 Å². The maximum absolute atomic E-state index is 3.46. The Balaban J connectivity index is 2.04. The van der Waals surface area contributed by atoms with Gasteiger partial charge in [-0.15, -0.1) is 0 Å². The first kappa shape index (κ1) is 4.63. The normalized spacial score (nSPS) is 87.0. The zero-order chi connectivity index (χ0) is 6.78. The molecule has 4 aliphatic heterocycles. The van der Waals surface area contributed by atoms with Gasteiger partial charge in [0, 0.05) is 0 Å². The molecule has 0 amide bonds. The van der Waals surface area contributed by atoms with Crippen molar-refractivity contribution in [2.24, 2.45) is 0 Å². The van der Waals surface area contributed by atoms with E-state index in [1.165, 1.54) is 0 Å². The summed E-state index contributed by atoms with van der Waals surface area (Å²) in [7, 11) is 0. The molecular weight excluding hydrogens is 130 g/mol. The van der Waals surface area contributed by atoms with Gasteiger partial charge in [0.15, 0.2) is 0 Å². The summed E-state index contributed by atoms with van der Waals surface area (Å²) in [5, 5.41) is 7.91. The number of hydrazine groups is 2. The van der Waals surface area contributed by atoms with Crippen molar-refractivity contribution in [2.75, 3.05) is 0 Å². The van der Waals surface area contributed by atoms with Crippen molar-refractivity contribution in [1.82, 2.24) is 26.2 Å². The second-order valence-electron chi connectivity index (χ2n) is 3.84. The molecule has 3 N–H and O–H groups in total. The van der Waals surface area contributed by atoms with E-state index in [1.807, 2.05) is 0 Å². The zero-order valence-corrected chi connectivity index (χ0v) is 5.89. The van der Waals surface area contributed by atoms with Gasteiger partial charge < -0.3 is 0 Å². The number of hydrogen-bond acceptors (Lipinski definition) is 5. The molecule has 5 nitrogen and oxygen atoms in total. The van der Waals surface area contributed by atoms with Crippen LogP contribution in [0.15, 0.2) is 0 Å². The summed E-state index contributed by atoms with van der Waals surface area (Å²) in [6.45, 7) is 4.41. The minimum Gasteiger partial charge on any atom is -0.248 e. The highest BCUT2D eigenvalue weighted by Crippen LogP contribution is 2.65. The van der Waals surface area contributed by atoms with E-state index in [4.69, 9.17) is 0 Å². The smallest absolute Gasteiger partial charge is 0.230 e. The summed E-state index contributed by atoms with van der Waals surface area (Å²) in [5.74, 6) is 0.0174. The molecule has 4 heterocycles. The first-order valence-corrected chi connectivity index (χ1v) is 3.59. The molecule has 0 aromatic carbocycles. The fourth-order valence-corrected chi connectivity index (χ4v) is 2.60. The Hall–Kier alpha value is -0.200. The summed E-state index contributed by atoms with van der Waals surface area (Å²) in [6.07, 6.45) is 0. The number of hydrogen-bond donors (Lipinski definition) is 3. The van der Waals surface area contributed by atoms with Crippen LogP contribution in [0, 0.1) is 0 Å². The second-order valence-corrected chi connectivity index (χ2v) is 3.84. The van der Waals surface area contributed by atoms with Crippen LogP contribution in [0.4, 0.5) is 0 Å². The molecule has 4 fully saturated rings. The van der Waals surface area contributed by atoms with Crippen LogP contribution >= 0.6 is 0 Å². The number of nitrogens with zero attached hydrogens (tertiary/aromatic N) is 2. The first-order valence-electron chi connectivity index (χ1n) is 3.59. The molecular formula is C5H9N5. The lowest BCUT2D eigenvalue weighted by molar-refractivity contribution is -0.259. The second kappa shape index (κ2) is 0.745. The Morgan fingerprint density at radius 3 is 1.90 bits per heavy atom.